The summed E-state index contributed by atoms with van der Waals surface area (Å²) in [5.74, 6) is 2.96. The third-order valence-corrected chi connectivity index (χ3v) is 7.51. The van der Waals surface area contributed by atoms with E-state index in [2.05, 4.69) is 19.9 Å². The van der Waals surface area contributed by atoms with Crippen LogP contribution in [0.3, 0.4) is 0 Å². The topological polar surface area (TPSA) is 23.8 Å². The standard InChI is InChI=1S/C24H43N/c1-3-5-7-8-9-10-21-11-13-22(14-12-21)23-15-18-24(20-25,19-16-23)17-6-4-2/h21-23H,3-19H2,1-2H3. The van der Waals surface area contributed by atoms with E-state index in [4.69, 9.17) is 0 Å². The molecule has 2 saturated carbocycles. The molecule has 2 aliphatic carbocycles. The summed E-state index contributed by atoms with van der Waals surface area (Å²) in [4.78, 5) is 0. The summed E-state index contributed by atoms with van der Waals surface area (Å²) >= 11 is 0. The summed E-state index contributed by atoms with van der Waals surface area (Å²) in [6, 6.07) is 2.72. The van der Waals surface area contributed by atoms with Crippen LogP contribution in [0.1, 0.15) is 123 Å². The van der Waals surface area contributed by atoms with E-state index in [0.717, 1.165) is 24.2 Å². The van der Waals surface area contributed by atoms with Crippen LogP contribution >= 0.6 is 0 Å². The number of unbranched alkanes of at least 4 members (excludes halogenated alkanes) is 5. The molecular formula is C24H43N. The number of hydrogen-bond donors (Lipinski definition) is 0. The largest absolute Gasteiger partial charge is 0.198 e. The van der Waals surface area contributed by atoms with Gasteiger partial charge in [-0.3, -0.25) is 0 Å². The zero-order chi connectivity index (χ0) is 18.0. The summed E-state index contributed by atoms with van der Waals surface area (Å²) in [6.45, 7) is 4.55. The molecule has 0 heterocycles. The van der Waals surface area contributed by atoms with Gasteiger partial charge in [-0.15, -0.1) is 0 Å². The highest BCUT2D eigenvalue weighted by molar-refractivity contribution is 5.02. The minimum atomic E-state index is 0.0439. The van der Waals surface area contributed by atoms with Crippen LogP contribution in [0.4, 0.5) is 0 Å². The third kappa shape index (κ3) is 6.62. The average molecular weight is 346 g/mol. The Morgan fingerprint density at radius 3 is 1.96 bits per heavy atom. The summed E-state index contributed by atoms with van der Waals surface area (Å²) < 4.78 is 0. The summed E-state index contributed by atoms with van der Waals surface area (Å²) in [7, 11) is 0. The first-order chi connectivity index (χ1) is 12.2. The predicted molar refractivity (Wildman–Crippen MR) is 108 cm³/mol. The van der Waals surface area contributed by atoms with Gasteiger partial charge in [-0.2, -0.15) is 5.26 Å². The maximum absolute atomic E-state index is 9.69. The quantitative estimate of drug-likeness (QED) is 0.367. The Morgan fingerprint density at radius 1 is 0.760 bits per heavy atom. The van der Waals surface area contributed by atoms with E-state index in [1.54, 1.807) is 0 Å². The first-order valence-corrected chi connectivity index (χ1v) is 11.6. The molecule has 2 rings (SSSR count). The zero-order valence-corrected chi connectivity index (χ0v) is 17.2. The highest BCUT2D eigenvalue weighted by Crippen LogP contribution is 2.47. The monoisotopic (exact) mass is 345 g/mol. The van der Waals surface area contributed by atoms with Gasteiger partial charge in [-0.25, -0.2) is 0 Å². The molecule has 0 unspecified atom stereocenters. The van der Waals surface area contributed by atoms with Gasteiger partial charge in [0.1, 0.15) is 0 Å². The molecule has 0 aromatic carbocycles. The van der Waals surface area contributed by atoms with Gasteiger partial charge < -0.3 is 0 Å². The minimum Gasteiger partial charge on any atom is -0.198 e. The highest BCUT2D eigenvalue weighted by atomic mass is 14.4. The molecule has 0 N–H and O–H groups in total. The van der Waals surface area contributed by atoms with Gasteiger partial charge >= 0.3 is 0 Å². The van der Waals surface area contributed by atoms with Crippen molar-refractivity contribution < 1.29 is 0 Å². The fourth-order valence-electron chi connectivity index (χ4n) is 5.58. The lowest BCUT2D eigenvalue weighted by molar-refractivity contribution is 0.115. The Bertz CT molecular complexity index is 377. The Hall–Kier alpha value is -0.510. The van der Waals surface area contributed by atoms with Crippen LogP contribution in [0, 0.1) is 34.5 Å². The molecule has 0 aromatic heterocycles. The van der Waals surface area contributed by atoms with Crippen LogP contribution < -0.4 is 0 Å². The second-order valence-electron chi connectivity index (χ2n) is 9.32. The number of nitrogens with zero attached hydrogens (tertiary/aromatic N) is 1. The van der Waals surface area contributed by atoms with Crippen LogP contribution in [0.25, 0.3) is 0 Å². The number of hydrogen-bond acceptors (Lipinski definition) is 1. The Balaban J connectivity index is 1.64. The van der Waals surface area contributed by atoms with Gasteiger partial charge in [0.2, 0.25) is 0 Å². The summed E-state index contributed by atoms with van der Waals surface area (Å²) in [5.41, 5.74) is 0.0439. The zero-order valence-electron chi connectivity index (χ0n) is 17.2. The van der Waals surface area contributed by atoms with E-state index in [1.807, 2.05) is 0 Å². The third-order valence-electron chi connectivity index (χ3n) is 7.51. The molecule has 0 amide bonds. The molecule has 1 nitrogen and oxygen atoms in total. The van der Waals surface area contributed by atoms with Crippen LogP contribution in [0.2, 0.25) is 0 Å². The average Bonchev–Trinajstić information content (AvgIpc) is 2.67. The second kappa shape index (κ2) is 11.3. The molecule has 0 saturated heterocycles. The van der Waals surface area contributed by atoms with Crippen LogP contribution in [-0.4, -0.2) is 0 Å². The molecule has 1 heteroatoms. The lowest BCUT2D eigenvalue weighted by Gasteiger charge is -2.41. The predicted octanol–water partition coefficient (Wildman–Crippen LogP) is 8.04. The van der Waals surface area contributed by atoms with E-state index in [9.17, 15) is 5.26 Å². The SMILES string of the molecule is CCCCCCCC1CCC(C2CCC(C#N)(CCCC)CC2)CC1. The smallest absolute Gasteiger partial charge is 0.0689 e. The van der Waals surface area contributed by atoms with Gasteiger partial charge in [-0.05, 0) is 62.7 Å². The maximum Gasteiger partial charge on any atom is 0.0689 e. The Morgan fingerprint density at radius 2 is 1.36 bits per heavy atom. The van der Waals surface area contributed by atoms with Crippen molar-refractivity contribution in [3.8, 4) is 6.07 Å². The van der Waals surface area contributed by atoms with Crippen molar-refractivity contribution in [1.29, 1.82) is 5.26 Å². The van der Waals surface area contributed by atoms with Gasteiger partial charge in [0, 0.05) is 0 Å². The molecule has 0 aliphatic heterocycles. The van der Waals surface area contributed by atoms with E-state index >= 15 is 0 Å². The lowest BCUT2D eigenvalue weighted by atomic mass is 9.63. The molecule has 25 heavy (non-hydrogen) atoms. The molecule has 2 fully saturated rings. The summed E-state index contributed by atoms with van der Waals surface area (Å²) in [6.07, 6.45) is 23.3. The Labute approximate surface area is 158 Å². The molecule has 0 bridgehead atoms. The first-order valence-electron chi connectivity index (χ1n) is 11.6. The summed E-state index contributed by atoms with van der Waals surface area (Å²) in [5, 5.41) is 9.69. The van der Waals surface area contributed by atoms with E-state index in [-0.39, 0.29) is 5.41 Å². The van der Waals surface area contributed by atoms with E-state index in [0.29, 0.717) is 0 Å². The van der Waals surface area contributed by atoms with Gasteiger partial charge in [0.25, 0.3) is 0 Å². The molecule has 0 atom stereocenters. The van der Waals surface area contributed by atoms with Crippen molar-refractivity contribution in [2.45, 2.75) is 123 Å². The molecular weight excluding hydrogens is 302 g/mol. The molecule has 144 valence electrons. The van der Waals surface area contributed by atoms with Crippen molar-refractivity contribution in [3.63, 3.8) is 0 Å². The lowest BCUT2D eigenvalue weighted by Crippen LogP contribution is -2.31. The van der Waals surface area contributed by atoms with E-state index < -0.39 is 0 Å². The normalized spacial score (nSPS) is 33.1. The molecule has 0 spiro atoms. The molecule has 2 aliphatic rings. The first kappa shape index (κ1) is 20.8. The van der Waals surface area contributed by atoms with Crippen molar-refractivity contribution in [3.05, 3.63) is 0 Å². The van der Waals surface area contributed by atoms with Crippen LogP contribution in [0.5, 0.6) is 0 Å². The fourth-order valence-corrected chi connectivity index (χ4v) is 5.58. The Kier molecular flexibility index (Phi) is 9.36. The van der Waals surface area contributed by atoms with Crippen molar-refractivity contribution >= 4 is 0 Å². The maximum atomic E-state index is 9.69. The number of rotatable bonds is 10. The second-order valence-corrected chi connectivity index (χ2v) is 9.32. The minimum absolute atomic E-state index is 0.0439. The van der Waals surface area contributed by atoms with Crippen LogP contribution in [-0.2, 0) is 0 Å². The van der Waals surface area contributed by atoms with Crippen molar-refractivity contribution in [2.75, 3.05) is 0 Å². The van der Waals surface area contributed by atoms with Crippen molar-refractivity contribution in [1.82, 2.24) is 0 Å². The fraction of sp³-hybridized carbons (Fsp3) is 0.958. The number of nitriles is 1. The highest BCUT2D eigenvalue weighted by Gasteiger charge is 2.38. The van der Waals surface area contributed by atoms with Gasteiger partial charge in [0.15, 0.2) is 0 Å². The van der Waals surface area contributed by atoms with Gasteiger partial charge in [0.05, 0.1) is 11.5 Å². The molecule has 0 aromatic rings. The van der Waals surface area contributed by atoms with Crippen LogP contribution in [0.15, 0.2) is 0 Å². The van der Waals surface area contributed by atoms with Gasteiger partial charge in [-0.1, -0.05) is 78.1 Å². The van der Waals surface area contributed by atoms with Crippen molar-refractivity contribution in [2.24, 2.45) is 23.2 Å². The van der Waals surface area contributed by atoms with E-state index in [1.165, 1.54) is 103 Å². The molecule has 0 radical (unpaired) electrons.